The molecule has 8 heteroatoms. The van der Waals surface area contributed by atoms with E-state index in [0.717, 1.165) is 35.5 Å². The van der Waals surface area contributed by atoms with Crippen LogP contribution in [-0.4, -0.2) is 39.3 Å². The van der Waals surface area contributed by atoms with Gasteiger partial charge in [-0.2, -0.15) is 0 Å². The first-order valence-corrected chi connectivity index (χ1v) is 9.33. The van der Waals surface area contributed by atoms with E-state index in [1.54, 1.807) is 0 Å². The lowest BCUT2D eigenvalue weighted by molar-refractivity contribution is -0.115. The van der Waals surface area contributed by atoms with Crippen LogP contribution < -0.4 is 14.8 Å². The molecule has 1 saturated carbocycles. The number of rotatable bonds is 5. The fraction of sp³-hybridized carbons (Fsp3) is 0.300. The number of nitrogens with one attached hydrogen (secondary N) is 1. The molecule has 2 aliphatic rings. The highest BCUT2D eigenvalue weighted by Gasteiger charge is 2.28. The van der Waals surface area contributed by atoms with Gasteiger partial charge < -0.3 is 14.8 Å². The largest absolute Gasteiger partial charge is 0.486 e. The number of tetrazole rings is 1. The van der Waals surface area contributed by atoms with Crippen molar-refractivity contribution in [3.8, 4) is 22.9 Å². The smallest absolute Gasteiger partial charge is 0.228 e. The number of nitrogens with zero attached hydrogens (tertiary/aromatic N) is 4. The lowest BCUT2D eigenvalue weighted by Gasteiger charge is -2.18. The van der Waals surface area contributed by atoms with Gasteiger partial charge in [-0.05, 0) is 53.1 Å². The Morgan fingerprint density at radius 1 is 1.11 bits per heavy atom. The zero-order valence-corrected chi connectivity index (χ0v) is 15.2. The highest BCUT2D eigenvalue weighted by molar-refractivity contribution is 5.92. The zero-order chi connectivity index (χ0) is 18.9. The molecule has 0 saturated heterocycles. The minimum atomic E-state index is -0.101. The molecule has 1 aliphatic heterocycles. The zero-order valence-electron chi connectivity index (χ0n) is 15.2. The predicted octanol–water partition coefficient (Wildman–Crippen LogP) is 2.63. The van der Waals surface area contributed by atoms with E-state index >= 15 is 0 Å². The van der Waals surface area contributed by atoms with Crippen LogP contribution in [0.15, 0.2) is 42.5 Å². The Morgan fingerprint density at radius 2 is 1.96 bits per heavy atom. The van der Waals surface area contributed by atoms with Gasteiger partial charge in [-0.1, -0.05) is 18.2 Å². The topological polar surface area (TPSA) is 91.2 Å². The minimum absolute atomic E-state index is 0.101. The van der Waals surface area contributed by atoms with Crippen molar-refractivity contribution < 1.29 is 14.3 Å². The molecule has 1 amide bonds. The van der Waals surface area contributed by atoms with Gasteiger partial charge in [-0.3, -0.25) is 4.79 Å². The van der Waals surface area contributed by atoms with E-state index in [4.69, 9.17) is 9.47 Å². The molecule has 0 unspecified atom stereocenters. The number of ether oxygens (including phenoxy) is 2. The third kappa shape index (κ3) is 3.40. The van der Waals surface area contributed by atoms with Gasteiger partial charge in [0, 0.05) is 11.3 Å². The van der Waals surface area contributed by atoms with E-state index in [0.29, 0.717) is 30.7 Å². The highest BCUT2D eigenvalue weighted by Crippen LogP contribution is 2.37. The summed E-state index contributed by atoms with van der Waals surface area (Å²) in [6, 6.07) is 13.6. The molecule has 0 bridgehead atoms. The monoisotopic (exact) mass is 377 g/mol. The molecule has 1 aliphatic carbocycles. The third-order valence-electron chi connectivity index (χ3n) is 4.76. The number of benzene rings is 2. The maximum Gasteiger partial charge on any atom is 0.228 e. The second kappa shape index (κ2) is 6.95. The van der Waals surface area contributed by atoms with Crippen LogP contribution in [0.25, 0.3) is 11.4 Å². The second-order valence-electron chi connectivity index (χ2n) is 6.96. The first-order chi connectivity index (χ1) is 13.8. The van der Waals surface area contributed by atoms with Gasteiger partial charge in [0.25, 0.3) is 0 Å². The van der Waals surface area contributed by atoms with E-state index in [9.17, 15) is 4.79 Å². The molecule has 8 nitrogen and oxygen atoms in total. The van der Waals surface area contributed by atoms with Crippen LogP contribution in [0.1, 0.15) is 24.4 Å². The molecular weight excluding hydrogens is 358 g/mol. The summed E-state index contributed by atoms with van der Waals surface area (Å²) in [5, 5.41) is 15.0. The van der Waals surface area contributed by atoms with Crippen molar-refractivity contribution in [1.29, 1.82) is 0 Å². The fourth-order valence-corrected chi connectivity index (χ4v) is 3.27. The number of carbonyl (C=O) groups excluding carboxylic acids is 1. The number of carbonyl (C=O) groups is 1. The quantitative estimate of drug-likeness (QED) is 0.735. The standard InChI is InChI=1S/C20H19N5O3/c26-19(11-13-4-7-17-18(10-13)28-9-8-27-17)21-15-3-1-2-14(12-15)20-22-23-24-25(20)16-5-6-16/h1-4,7,10,12,16H,5-6,8-9,11H2,(H,21,26). The van der Waals surface area contributed by atoms with Crippen molar-refractivity contribution in [2.24, 2.45) is 0 Å². The average Bonchev–Trinajstić information content (AvgIpc) is 3.44. The van der Waals surface area contributed by atoms with Gasteiger partial charge in [0.1, 0.15) is 13.2 Å². The summed E-state index contributed by atoms with van der Waals surface area (Å²) in [7, 11) is 0. The van der Waals surface area contributed by atoms with Gasteiger partial charge >= 0.3 is 0 Å². The lowest BCUT2D eigenvalue weighted by atomic mass is 10.1. The summed E-state index contributed by atoms with van der Waals surface area (Å²) in [5.74, 6) is 2.03. The van der Waals surface area contributed by atoms with Crippen molar-refractivity contribution in [2.45, 2.75) is 25.3 Å². The Bertz CT molecular complexity index is 1030. The molecule has 1 aromatic heterocycles. The first-order valence-electron chi connectivity index (χ1n) is 9.33. The number of amides is 1. The number of anilines is 1. The summed E-state index contributed by atoms with van der Waals surface area (Å²) >= 11 is 0. The molecule has 28 heavy (non-hydrogen) atoms. The van der Waals surface area contributed by atoms with Crippen LogP contribution in [0.4, 0.5) is 5.69 Å². The summed E-state index contributed by atoms with van der Waals surface area (Å²) in [5.41, 5.74) is 2.47. The van der Waals surface area contributed by atoms with Crippen molar-refractivity contribution in [3.63, 3.8) is 0 Å². The van der Waals surface area contributed by atoms with Crippen LogP contribution in [0.2, 0.25) is 0 Å². The normalized spacial score (nSPS) is 15.3. The molecule has 2 aromatic carbocycles. The number of fused-ring (bicyclic) bond motifs is 1. The molecular formula is C20H19N5O3. The number of hydrogen-bond donors (Lipinski definition) is 1. The molecule has 3 aromatic rings. The molecule has 5 rings (SSSR count). The van der Waals surface area contributed by atoms with Crippen molar-refractivity contribution in [3.05, 3.63) is 48.0 Å². The van der Waals surface area contributed by atoms with Gasteiger partial charge in [0.15, 0.2) is 17.3 Å². The SMILES string of the molecule is O=C(Cc1ccc2c(c1)OCCO2)Nc1cccc(-c2nnnn2C2CC2)c1. The Hall–Kier alpha value is -3.42. The van der Waals surface area contributed by atoms with Crippen LogP contribution in [0.3, 0.4) is 0 Å². The summed E-state index contributed by atoms with van der Waals surface area (Å²) < 4.78 is 13.0. The average molecular weight is 377 g/mol. The van der Waals surface area contributed by atoms with E-state index < -0.39 is 0 Å². The lowest BCUT2D eigenvalue weighted by Crippen LogP contribution is -2.17. The van der Waals surface area contributed by atoms with E-state index in [2.05, 4.69) is 20.8 Å². The maximum atomic E-state index is 12.5. The van der Waals surface area contributed by atoms with Crippen molar-refractivity contribution >= 4 is 11.6 Å². The summed E-state index contributed by atoms with van der Waals surface area (Å²) in [4.78, 5) is 12.5. The summed E-state index contributed by atoms with van der Waals surface area (Å²) in [6.07, 6.45) is 2.45. The van der Waals surface area contributed by atoms with Gasteiger partial charge in [0.2, 0.25) is 5.91 Å². The Labute approximate surface area is 161 Å². The third-order valence-corrected chi connectivity index (χ3v) is 4.76. The van der Waals surface area contributed by atoms with Gasteiger partial charge in [-0.15, -0.1) is 5.10 Å². The van der Waals surface area contributed by atoms with Crippen LogP contribution in [0, 0.1) is 0 Å². The minimum Gasteiger partial charge on any atom is -0.486 e. The Morgan fingerprint density at radius 3 is 2.82 bits per heavy atom. The van der Waals surface area contributed by atoms with Crippen LogP contribution in [0.5, 0.6) is 11.5 Å². The molecule has 2 heterocycles. The number of aromatic nitrogens is 4. The predicted molar refractivity (Wildman–Crippen MR) is 101 cm³/mol. The summed E-state index contributed by atoms with van der Waals surface area (Å²) in [6.45, 7) is 1.07. The maximum absolute atomic E-state index is 12.5. The van der Waals surface area contributed by atoms with Crippen LogP contribution >= 0.6 is 0 Å². The molecule has 142 valence electrons. The molecule has 1 fully saturated rings. The highest BCUT2D eigenvalue weighted by atomic mass is 16.6. The number of hydrogen-bond acceptors (Lipinski definition) is 6. The second-order valence-corrected chi connectivity index (χ2v) is 6.96. The fourth-order valence-electron chi connectivity index (χ4n) is 3.27. The van der Waals surface area contributed by atoms with E-state index in [1.165, 1.54) is 0 Å². The van der Waals surface area contributed by atoms with E-state index in [1.807, 2.05) is 47.1 Å². The van der Waals surface area contributed by atoms with Crippen molar-refractivity contribution in [1.82, 2.24) is 20.2 Å². The Balaban J connectivity index is 1.29. The van der Waals surface area contributed by atoms with Crippen molar-refractivity contribution in [2.75, 3.05) is 18.5 Å². The first kappa shape index (κ1) is 16.7. The molecule has 0 spiro atoms. The molecule has 1 N–H and O–H groups in total. The molecule has 0 atom stereocenters. The van der Waals surface area contributed by atoms with Crippen LogP contribution in [-0.2, 0) is 11.2 Å². The van der Waals surface area contributed by atoms with E-state index in [-0.39, 0.29) is 12.3 Å². The molecule has 0 radical (unpaired) electrons. The van der Waals surface area contributed by atoms with Gasteiger partial charge in [-0.25, -0.2) is 4.68 Å². The Kier molecular flexibility index (Phi) is 4.16. The van der Waals surface area contributed by atoms with Gasteiger partial charge in [0.05, 0.1) is 12.5 Å².